The fourth-order valence-corrected chi connectivity index (χ4v) is 3.77. The number of hydrogen-bond donors (Lipinski definition) is 1. The van der Waals surface area contributed by atoms with Gasteiger partial charge in [-0.3, -0.25) is 4.90 Å². The number of rotatable bonds is 8. The second kappa shape index (κ2) is 9.12. The van der Waals surface area contributed by atoms with Crippen molar-refractivity contribution in [2.75, 3.05) is 39.3 Å². The van der Waals surface area contributed by atoms with E-state index in [1.54, 1.807) is 0 Å². The Hall–Kier alpha value is -0.120. The van der Waals surface area contributed by atoms with Gasteiger partial charge < -0.3 is 10.6 Å². The summed E-state index contributed by atoms with van der Waals surface area (Å²) in [5, 5.41) is 0. The molecule has 1 unspecified atom stereocenters. The van der Waals surface area contributed by atoms with Crippen molar-refractivity contribution in [3.8, 4) is 0 Å². The molecule has 0 spiro atoms. The van der Waals surface area contributed by atoms with Gasteiger partial charge in [-0.2, -0.15) is 0 Å². The van der Waals surface area contributed by atoms with Crippen LogP contribution in [0.3, 0.4) is 0 Å². The molecule has 1 aliphatic heterocycles. The molecule has 1 rings (SSSR count). The molecule has 0 aromatic carbocycles. The Morgan fingerprint density at radius 3 is 2.14 bits per heavy atom. The lowest BCUT2D eigenvalue weighted by molar-refractivity contribution is 0.0545. The van der Waals surface area contributed by atoms with Crippen molar-refractivity contribution < 1.29 is 0 Å². The first kappa shape index (κ1) is 18.9. The van der Waals surface area contributed by atoms with Crippen molar-refractivity contribution in [1.82, 2.24) is 9.80 Å². The summed E-state index contributed by atoms with van der Waals surface area (Å²) in [6, 6.07) is 0. The molecule has 3 nitrogen and oxygen atoms in total. The molecule has 21 heavy (non-hydrogen) atoms. The quantitative estimate of drug-likeness (QED) is 0.747. The summed E-state index contributed by atoms with van der Waals surface area (Å²) < 4.78 is 0. The molecular formula is C18H39N3. The van der Waals surface area contributed by atoms with Crippen molar-refractivity contribution in [2.24, 2.45) is 17.6 Å². The second-order valence-corrected chi connectivity index (χ2v) is 7.82. The normalized spacial score (nSPS) is 25.0. The molecule has 1 saturated heterocycles. The molecule has 0 radical (unpaired) electrons. The number of nitrogens with two attached hydrogens (primary N) is 1. The van der Waals surface area contributed by atoms with Crippen LogP contribution >= 0.6 is 0 Å². The van der Waals surface area contributed by atoms with E-state index in [2.05, 4.69) is 44.4 Å². The Bertz CT molecular complexity index is 268. The van der Waals surface area contributed by atoms with Crippen LogP contribution in [0.25, 0.3) is 0 Å². The van der Waals surface area contributed by atoms with Crippen molar-refractivity contribution >= 4 is 0 Å². The fourth-order valence-electron chi connectivity index (χ4n) is 3.77. The van der Waals surface area contributed by atoms with E-state index in [9.17, 15) is 0 Å². The third-order valence-electron chi connectivity index (χ3n) is 4.77. The Labute approximate surface area is 133 Å². The van der Waals surface area contributed by atoms with E-state index >= 15 is 0 Å². The smallest absolute Gasteiger partial charge is 0.0344 e. The van der Waals surface area contributed by atoms with Gasteiger partial charge in [0.15, 0.2) is 0 Å². The van der Waals surface area contributed by atoms with E-state index in [1.807, 2.05) is 0 Å². The van der Waals surface area contributed by atoms with Gasteiger partial charge in [0, 0.05) is 25.2 Å². The first-order valence-corrected chi connectivity index (χ1v) is 9.11. The van der Waals surface area contributed by atoms with E-state index in [1.165, 1.54) is 58.4 Å². The number of nitrogens with zero attached hydrogens (tertiary/aromatic N) is 2. The first-order valence-electron chi connectivity index (χ1n) is 9.11. The summed E-state index contributed by atoms with van der Waals surface area (Å²) in [5.74, 6) is 1.42. The summed E-state index contributed by atoms with van der Waals surface area (Å²) >= 11 is 0. The molecule has 3 heteroatoms. The van der Waals surface area contributed by atoms with Crippen LogP contribution in [0.15, 0.2) is 0 Å². The zero-order chi connectivity index (χ0) is 15.9. The van der Waals surface area contributed by atoms with Gasteiger partial charge in [0.2, 0.25) is 0 Å². The Balaban J connectivity index is 2.82. The Kier molecular flexibility index (Phi) is 8.22. The van der Waals surface area contributed by atoms with E-state index < -0.39 is 0 Å². The van der Waals surface area contributed by atoms with Gasteiger partial charge in [-0.25, -0.2) is 0 Å². The zero-order valence-electron chi connectivity index (χ0n) is 15.2. The molecule has 0 bridgehead atoms. The minimum atomic E-state index is 0.233. The van der Waals surface area contributed by atoms with Crippen LogP contribution in [0.1, 0.15) is 60.3 Å². The summed E-state index contributed by atoms with van der Waals surface area (Å²) in [5.41, 5.74) is 6.55. The highest BCUT2D eigenvalue weighted by atomic mass is 15.2. The van der Waals surface area contributed by atoms with Crippen LogP contribution in [0.4, 0.5) is 0 Å². The standard InChI is InChI=1S/C18H39N3/c1-6-10-20-11-7-8-18(15-19,9-12-20)21(13-16(2)3)14-17(4)5/h16-17H,6-15,19H2,1-5H3. The third kappa shape index (κ3) is 5.88. The zero-order valence-corrected chi connectivity index (χ0v) is 15.2. The van der Waals surface area contributed by atoms with Gasteiger partial charge in [-0.15, -0.1) is 0 Å². The lowest BCUT2D eigenvalue weighted by Crippen LogP contribution is -2.56. The van der Waals surface area contributed by atoms with Gasteiger partial charge in [0.05, 0.1) is 0 Å². The molecule has 0 aromatic heterocycles. The van der Waals surface area contributed by atoms with E-state index in [0.717, 1.165) is 6.54 Å². The molecule has 0 aliphatic carbocycles. The minimum absolute atomic E-state index is 0.233. The topological polar surface area (TPSA) is 32.5 Å². The highest BCUT2D eigenvalue weighted by Gasteiger charge is 2.37. The predicted molar refractivity (Wildman–Crippen MR) is 93.6 cm³/mol. The van der Waals surface area contributed by atoms with Gasteiger partial charge in [0.1, 0.15) is 0 Å². The van der Waals surface area contributed by atoms with E-state index in [0.29, 0.717) is 11.8 Å². The van der Waals surface area contributed by atoms with Crippen molar-refractivity contribution in [3.63, 3.8) is 0 Å². The molecule has 2 N–H and O–H groups in total. The Morgan fingerprint density at radius 2 is 1.67 bits per heavy atom. The fraction of sp³-hybridized carbons (Fsp3) is 1.00. The SMILES string of the molecule is CCCN1CCCC(CN)(N(CC(C)C)CC(C)C)CC1. The summed E-state index contributed by atoms with van der Waals surface area (Å²) in [7, 11) is 0. The minimum Gasteiger partial charge on any atom is -0.329 e. The van der Waals surface area contributed by atoms with Crippen LogP contribution in [-0.4, -0.2) is 54.6 Å². The largest absolute Gasteiger partial charge is 0.329 e. The highest BCUT2D eigenvalue weighted by Crippen LogP contribution is 2.30. The van der Waals surface area contributed by atoms with Crippen LogP contribution in [-0.2, 0) is 0 Å². The maximum Gasteiger partial charge on any atom is 0.0344 e. The van der Waals surface area contributed by atoms with E-state index in [4.69, 9.17) is 5.73 Å². The summed E-state index contributed by atoms with van der Waals surface area (Å²) in [6.07, 6.45) is 5.06. The first-order chi connectivity index (χ1) is 9.93. The van der Waals surface area contributed by atoms with Crippen molar-refractivity contribution in [3.05, 3.63) is 0 Å². The lowest BCUT2D eigenvalue weighted by atomic mass is 9.86. The molecule has 126 valence electrons. The average Bonchev–Trinajstić information content (AvgIpc) is 2.61. The monoisotopic (exact) mass is 297 g/mol. The lowest BCUT2D eigenvalue weighted by Gasteiger charge is -2.45. The predicted octanol–water partition coefficient (Wildman–Crippen LogP) is 3.19. The molecule has 1 atom stereocenters. The van der Waals surface area contributed by atoms with Gasteiger partial charge in [-0.05, 0) is 57.2 Å². The Morgan fingerprint density at radius 1 is 1.05 bits per heavy atom. The van der Waals surface area contributed by atoms with Crippen LogP contribution < -0.4 is 5.73 Å². The van der Waals surface area contributed by atoms with Crippen molar-refractivity contribution in [2.45, 2.75) is 65.8 Å². The average molecular weight is 298 g/mol. The molecular weight excluding hydrogens is 258 g/mol. The third-order valence-corrected chi connectivity index (χ3v) is 4.77. The summed E-state index contributed by atoms with van der Waals surface area (Å²) in [4.78, 5) is 5.37. The number of likely N-dealkylation sites (tertiary alicyclic amines) is 1. The second-order valence-electron chi connectivity index (χ2n) is 7.82. The maximum atomic E-state index is 6.32. The highest BCUT2D eigenvalue weighted by molar-refractivity contribution is 4.95. The molecule has 0 amide bonds. The summed E-state index contributed by atoms with van der Waals surface area (Å²) in [6.45, 7) is 18.5. The van der Waals surface area contributed by atoms with Crippen LogP contribution in [0.5, 0.6) is 0 Å². The van der Waals surface area contributed by atoms with Crippen molar-refractivity contribution in [1.29, 1.82) is 0 Å². The van der Waals surface area contributed by atoms with Crippen LogP contribution in [0.2, 0.25) is 0 Å². The van der Waals surface area contributed by atoms with Gasteiger partial charge in [0.25, 0.3) is 0 Å². The maximum absolute atomic E-state index is 6.32. The molecule has 0 aromatic rings. The number of hydrogen-bond acceptors (Lipinski definition) is 3. The van der Waals surface area contributed by atoms with Gasteiger partial charge in [-0.1, -0.05) is 34.6 Å². The van der Waals surface area contributed by atoms with E-state index in [-0.39, 0.29) is 5.54 Å². The molecule has 0 saturated carbocycles. The molecule has 1 fully saturated rings. The molecule has 1 aliphatic rings. The molecule has 1 heterocycles. The van der Waals surface area contributed by atoms with Crippen LogP contribution in [0, 0.1) is 11.8 Å². The van der Waals surface area contributed by atoms with Gasteiger partial charge >= 0.3 is 0 Å².